The van der Waals surface area contributed by atoms with Crippen LogP contribution in [0.2, 0.25) is 10.0 Å². The molecule has 0 atom stereocenters. The number of hydrogen-bond donors (Lipinski definition) is 1. The molecule has 0 unspecified atom stereocenters. The molecule has 53 heavy (non-hydrogen) atoms. The van der Waals surface area contributed by atoms with Crippen LogP contribution in [0.15, 0.2) is 36.4 Å². The lowest BCUT2D eigenvalue weighted by atomic mass is 9.73. The van der Waals surface area contributed by atoms with E-state index in [1.54, 1.807) is 0 Å². The molecule has 0 bridgehead atoms. The van der Waals surface area contributed by atoms with Crippen molar-refractivity contribution in [3.05, 3.63) is 57.6 Å². The fraction of sp³-hybridized carbons (Fsp3) is 0.683. The summed E-state index contributed by atoms with van der Waals surface area (Å²) in [7, 11) is 0. The van der Waals surface area contributed by atoms with Crippen LogP contribution in [0.1, 0.15) is 57.6 Å². The highest BCUT2D eigenvalue weighted by Gasteiger charge is 2.45. The first-order chi connectivity index (χ1) is 25.5. The number of carbonyl (C=O) groups is 1. The van der Waals surface area contributed by atoms with Crippen LogP contribution in [0.5, 0.6) is 0 Å². The zero-order chi connectivity index (χ0) is 37.1. The Morgan fingerprint density at radius 3 is 1.57 bits per heavy atom. The predicted octanol–water partition coefficient (Wildman–Crippen LogP) is 6.37. The Balaban J connectivity index is 0.000000170. The third kappa shape index (κ3) is 9.93. The molecule has 8 rings (SSSR count). The Morgan fingerprint density at radius 1 is 0.698 bits per heavy atom. The number of amides is 1. The second-order valence-electron chi connectivity index (χ2n) is 17.3. The first-order valence-corrected chi connectivity index (χ1v) is 20.6. The molecule has 6 aliphatic heterocycles. The molecule has 0 radical (unpaired) electrons. The minimum Gasteiger partial charge on any atom is -0.444 e. The summed E-state index contributed by atoms with van der Waals surface area (Å²) in [5.74, 6) is 0. The number of hydrogen-bond acceptors (Lipinski definition) is 9. The number of ether oxygens (including phenoxy) is 3. The van der Waals surface area contributed by atoms with E-state index in [9.17, 15) is 4.79 Å². The van der Waals surface area contributed by atoms with E-state index in [0.717, 1.165) is 134 Å². The fourth-order valence-electron chi connectivity index (χ4n) is 8.71. The van der Waals surface area contributed by atoms with Crippen molar-refractivity contribution in [2.24, 2.45) is 10.8 Å². The third-order valence-corrected chi connectivity index (χ3v) is 12.6. The van der Waals surface area contributed by atoms with Crippen LogP contribution in [0.4, 0.5) is 16.2 Å². The highest BCUT2D eigenvalue weighted by molar-refractivity contribution is 6.33. The van der Waals surface area contributed by atoms with Crippen LogP contribution in [0.3, 0.4) is 0 Å². The second kappa shape index (κ2) is 16.8. The van der Waals surface area contributed by atoms with Gasteiger partial charge in [-0.05, 0) is 81.8 Å². The number of carbonyl (C=O) groups excluding carboxylic acids is 1. The summed E-state index contributed by atoms with van der Waals surface area (Å²) in [5, 5.41) is 5.12. The number of piperazine rings is 2. The van der Waals surface area contributed by atoms with E-state index < -0.39 is 5.60 Å². The van der Waals surface area contributed by atoms with Gasteiger partial charge in [0.25, 0.3) is 0 Å². The summed E-state index contributed by atoms with van der Waals surface area (Å²) < 4.78 is 16.5. The van der Waals surface area contributed by atoms with Crippen molar-refractivity contribution in [2.45, 2.75) is 65.1 Å². The Morgan fingerprint density at radius 2 is 1.13 bits per heavy atom. The third-order valence-electron chi connectivity index (χ3n) is 12.0. The van der Waals surface area contributed by atoms with Gasteiger partial charge in [0.15, 0.2) is 0 Å². The van der Waals surface area contributed by atoms with Gasteiger partial charge in [0.1, 0.15) is 5.60 Å². The molecule has 6 saturated heterocycles. The van der Waals surface area contributed by atoms with E-state index in [2.05, 4.69) is 55.2 Å². The smallest absolute Gasteiger partial charge is 0.410 e. The van der Waals surface area contributed by atoms with E-state index >= 15 is 0 Å². The molecule has 0 aromatic heterocycles. The van der Waals surface area contributed by atoms with Gasteiger partial charge < -0.3 is 34.2 Å². The molecular formula is C41H60Cl2N6O4. The highest BCUT2D eigenvalue weighted by Crippen LogP contribution is 2.45. The lowest BCUT2D eigenvalue weighted by Crippen LogP contribution is -2.58. The van der Waals surface area contributed by atoms with Gasteiger partial charge in [-0.1, -0.05) is 35.3 Å². The molecule has 6 aliphatic rings. The Kier molecular flexibility index (Phi) is 12.4. The first-order valence-electron chi connectivity index (χ1n) is 19.8. The largest absolute Gasteiger partial charge is 0.444 e. The summed E-state index contributed by atoms with van der Waals surface area (Å²) in [6.45, 7) is 23.2. The molecule has 12 heteroatoms. The van der Waals surface area contributed by atoms with Crippen LogP contribution >= 0.6 is 23.2 Å². The summed E-state index contributed by atoms with van der Waals surface area (Å²) >= 11 is 13.0. The van der Waals surface area contributed by atoms with Gasteiger partial charge in [-0.25, -0.2) is 4.79 Å². The van der Waals surface area contributed by atoms with Gasteiger partial charge >= 0.3 is 6.09 Å². The van der Waals surface area contributed by atoms with Crippen LogP contribution in [-0.4, -0.2) is 131 Å². The van der Waals surface area contributed by atoms with Crippen LogP contribution in [-0.2, 0) is 27.3 Å². The molecule has 1 N–H and O–H groups in total. The predicted molar refractivity (Wildman–Crippen MR) is 214 cm³/mol. The molecule has 1 amide bonds. The van der Waals surface area contributed by atoms with Crippen molar-refractivity contribution in [1.82, 2.24) is 20.0 Å². The zero-order valence-electron chi connectivity index (χ0n) is 32.1. The maximum Gasteiger partial charge on any atom is 0.410 e. The number of benzene rings is 2. The number of rotatable bonds is 6. The summed E-state index contributed by atoms with van der Waals surface area (Å²) in [6.07, 6.45) is 4.49. The van der Waals surface area contributed by atoms with Gasteiger partial charge in [-0.3, -0.25) is 9.80 Å². The lowest BCUT2D eigenvalue weighted by Gasteiger charge is -2.53. The van der Waals surface area contributed by atoms with Crippen molar-refractivity contribution in [2.75, 3.05) is 115 Å². The van der Waals surface area contributed by atoms with Crippen LogP contribution < -0.4 is 15.1 Å². The van der Waals surface area contributed by atoms with Gasteiger partial charge in [0, 0.05) is 129 Å². The van der Waals surface area contributed by atoms with Gasteiger partial charge in [-0.2, -0.15) is 0 Å². The SMILES string of the molecule is CC(C)(C)OC(=O)N1CCN(Cc2ccc(Cl)c(N3CC4(CCOCC4)C3)c2)CC1.Clc1ccc(CN2CCNCC2)cc1N1CC2(CCOCC2)C1. The van der Waals surface area contributed by atoms with Crippen LogP contribution in [0, 0.1) is 10.8 Å². The van der Waals surface area contributed by atoms with Crippen molar-refractivity contribution in [3.8, 4) is 0 Å². The van der Waals surface area contributed by atoms with Crippen molar-refractivity contribution in [1.29, 1.82) is 0 Å². The van der Waals surface area contributed by atoms with E-state index in [4.69, 9.17) is 37.4 Å². The van der Waals surface area contributed by atoms with Gasteiger partial charge in [0.2, 0.25) is 0 Å². The monoisotopic (exact) mass is 770 g/mol. The maximum absolute atomic E-state index is 12.3. The minimum atomic E-state index is -0.450. The topological polar surface area (TPSA) is 73.0 Å². The van der Waals surface area contributed by atoms with E-state index in [-0.39, 0.29) is 6.09 Å². The summed E-state index contributed by atoms with van der Waals surface area (Å²) in [6, 6.07) is 12.9. The molecule has 2 aromatic carbocycles. The molecule has 2 spiro atoms. The number of nitrogens with zero attached hydrogens (tertiary/aromatic N) is 5. The molecule has 0 saturated carbocycles. The summed E-state index contributed by atoms with van der Waals surface area (Å²) in [5.41, 5.74) is 5.47. The van der Waals surface area contributed by atoms with E-state index in [1.165, 1.54) is 29.7 Å². The van der Waals surface area contributed by atoms with E-state index in [1.807, 2.05) is 31.7 Å². The second-order valence-corrected chi connectivity index (χ2v) is 18.1. The maximum atomic E-state index is 12.3. The average Bonchev–Trinajstić information content (AvgIpc) is 3.12. The standard InChI is InChI=1S/C23H34ClN3O3.C18H26ClN3O/c1-22(2,3)30-21(28)26-10-8-25(9-11-26)15-18-4-5-19(24)20(14-18)27-16-23(17-27)6-12-29-13-7-23;19-16-2-1-15(12-21-7-5-20-6-8-21)11-17(16)22-13-18(14-22)3-9-23-10-4-18/h4-5,14H,6-13,15-17H2,1-3H3;1-2,11,20H,3-10,12-14H2. The van der Waals surface area contributed by atoms with Crippen molar-refractivity contribution >= 4 is 40.7 Å². The molecule has 6 heterocycles. The first kappa shape index (κ1) is 38.9. The molecular weight excluding hydrogens is 711 g/mol. The Hall–Kier alpha value is -2.31. The Bertz CT molecular complexity index is 1530. The summed E-state index contributed by atoms with van der Waals surface area (Å²) in [4.78, 5) is 23.8. The molecule has 2 aromatic rings. The molecule has 10 nitrogen and oxygen atoms in total. The minimum absolute atomic E-state index is 0.212. The molecule has 6 fully saturated rings. The van der Waals surface area contributed by atoms with Gasteiger partial charge in [-0.15, -0.1) is 0 Å². The number of anilines is 2. The quantitative estimate of drug-likeness (QED) is 0.361. The Labute approximate surface area is 327 Å². The average molecular weight is 772 g/mol. The highest BCUT2D eigenvalue weighted by atomic mass is 35.5. The van der Waals surface area contributed by atoms with Gasteiger partial charge in [0.05, 0.1) is 21.4 Å². The van der Waals surface area contributed by atoms with E-state index in [0.29, 0.717) is 23.9 Å². The number of nitrogens with one attached hydrogen (secondary N) is 1. The molecule has 292 valence electrons. The van der Waals surface area contributed by atoms with Crippen LogP contribution in [0.25, 0.3) is 0 Å². The van der Waals surface area contributed by atoms with Crippen molar-refractivity contribution < 1.29 is 19.0 Å². The normalized spacial score (nSPS) is 23.2. The zero-order valence-corrected chi connectivity index (χ0v) is 33.7. The lowest BCUT2D eigenvalue weighted by molar-refractivity contribution is -0.000353. The number of halogens is 2. The van der Waals surface area contributed by atoms with Crippen molar-refractivity contribution in [3.63, 3.8) is 0 Å². The molecule has 0 aliphatic carbocycles. The fourth-order valence-corrected chi connectivity index (χ4v) is 9.18.